The van der Waals surface area contributed by atoms with Gasteiger partial charge >= 0.3 is 0 Å². The zero-order valence-electron chi connectivity index (χ0n) is 11.4. The molecule has 3 rings (SSSR count). The molecule has 2 aromatic carbocycles. The highest BCUT2D eigenvalue weighted by Crippen LogP contribution is 2.29. The maximum absolute atomic E-state index is 13.5. The van der Waals surface area contributed by atoms with Crippen LogP contribution in [0.4, 0.5) is 4.39 Å². The van der Waals surface area contributed by atoms with Gasteiger partial charge in [0, 0.05) is 12.6 Å². The average Bonchev–Trinajstić information content (AvgIpc) is 2.46. The zero-order valence-corrected chi connectivity index (χ0v) is 11.4. The van der Waals surface area contributed by atoms with E-state index in [0.29, 0.717) is 12.3 Å². The van der Waals surface area contributed by atoms with Gasteiger partial charge in [0.25, 0.3) is 0 Å². The first-order valence-corrected chi connectivity index (χ1v) is 7.04. The van der Waals surface area contributed by atoms with Crippen molar-refractivity contribution < 1.29 is 9.13 Å². The lowest BCUT2D eigenvalue weighted by Gasteiger charge is -2.17. The van der Waals surface area contributed by atoms with Gasteiger partial charge in [0.1, 0.15) is 17.3 Å². The summed E-state index contributed by atoms with van der Waals surface area (Å²) >= 11 is 0. The standard InChI is InChI=1S/C17H18FNO/c18-15-7-12(11-19)8-17(10-15)20-16-6-5-13-3-1-2-4-14(13)9-16/h5-10H,1-4,11,19H2. The van der Waals surface area contributed by atoms with E-state index in [0.717, 1.165) is 24.2 Å². The molecule has 2 nitrogen and oxygen atoms in total. The first kappa shape index (κ1) is 13.1. The lowest BCUT2D eigenvalue weighted by atomic mass is 9.92. The van der Waals surface area contributed by atoms with Crippen molar-refractivity contribution in [2.45, 2.75) is 32.2 Å². The Morgan fingerprint density at radius 1 is 0.950 bits per heavy atom. The van der Waals surface area contributed by atoms with Gasteiger partial charge in [-0.2, -0.15) is 0 Å². The Kier molecular flexibility index (Phi) is 3.70. The predicted octanol–water partition coefficient (Wildman–Crippen LogP) is 3.96. The molecule has 0 fully saturated rings. The fraction of sp³-hybridized carbons (Fsp3) is 0.294. The lowest BCUT2D eigenvalue weighted by Crippen LogP contribution is -2.02. The molecule has 0 radical (unpaired) electrons. The monoisotopic (exact) mass is 271 g/mol. The largest absolute Gasteiger partial charge is 0.457 e. The molecule has 0 aliphatic heterocycles. The fourth-order valence-electron chi connectivity index (χ4n) is 2.71. The van der Waals surface area contributed by atoms with Gasteiger partial charge in [0.05, 0.1) is 0 Å². The maximum atomic E-state index is 13.5. The molecule has 0 bridgehead atoms. The Balaban J connectivity index is 1.85. The number of fused-ring (bicyclic) bond motifs is 1. The first-order valence-electron chi connectivity index (χ1n) is 7.04. The molecule has 3 heteroatoms. The number of aryl methyl sites for hydroxylation is 2. The van der Waals surface area contributed by atoms with Gasteiger partial charge < -0.3 is 10.5 Å². The van der Waals surface area contributed by atoms with Gasteiger partial charge in [-0.25, -0.2) is 4.39 Å². The summed E-state index contributed by atoms with van der Waals surface area (Å²) in [5, 5.41) is 0. The predicted molar refractivity (Wildman–Crippen MR) is 77.4 cm³/mol. The second-order valence-corrected chi connectivity index (χ2v) is 5.24. The van der Waals surface area contributed by atoms with E-state index in [-0.39, 0.29) is 5.82 Å². The molecule has 1 aliphatic carbocycles. The molecular formula is C17H18FNO. The molecule has 0 aromatic heterocycles. The molecular weight excluding hydrogens is 253 g/mol. The molecule has 0 atom stereocenters. The average molecular weight is 271 g/mol. The van der Waals surface area contributed by atoms with Crippen molar-refractivity contribution in [1.82, 2.24) is 0 Å². The third-order valence-electron chi connectivity index (χ3n) is 3.72. The molecule has 0 spiro atoms. The molecule has 0 heterocycles. The van der Waals surface area contributed by atoms with Crippen LogP contribution >= 0.6 is 0 Å². The van der Waals surface area contributed by atoms with Gasteiger partial charge in [-0.05, 0) is 66.6 Å². The first-order chi connectivity index (χ1) is 9.74. The molecule has 0 saturated carbocycles. The molecule has 0 unspecified atom stereocenters. The van der Waals surface area contributed by atoms with Crippen LogP contribution in [0.15, 0.2) is 36.4 Å². The number of rotatable bonds is 3. The van der Waals surface area contributed by atoms with E-state index >= 15 is 0 Å². The zero-order chi connectivity index (χ0) is 13.9. The minimum atomic E-state index is -0.319. The van der Waals surface area contributed by atoms with E-state index in [2.05, 4.69) is 12.1 Å². The van der Waals surface area contributed by atoms with Gasteiger partial charge in [-0.1, -0.05) is 6.07 Å². The van der Waals surface area contributed by atoms with E-state index in [4.69, 9.17) is 10.5 Å². The number of hydrogen-bond acceptors (Lipinski definition) is 2. The fourth-order valence-corrected chi connectivity index (χ4v) is 2.71. The van der Waals surface area contributed by atoms with E-state index < -0.39 is 0 Å². The summed E-state index contributed by atoms with van der Waals surface area (Å²) in [5.41, 5.74) is 9.04. The highest BCUT2D eigenvalue weighted by molar-refractivity contribution is 5.40. The summed E-state index contributed by atoms with van der Waals surface area (Å²) in [6.07, 6.45) is 4.74. The number of ether oxygens (including phenoxy) is 1. The molecule has 2 aromatic rings. The Morgan fingerprint density at radius 2 is 1.75 bits per heavy atom. The molecule has 0 saturated heterocycles. The van der Waals surface area contributed by atoms with Crippen LogP contribution in [0.3, 0.4) is 0 Å². The van der Waals surface area contributed by atoms with Crippen molar-refractivity contribution in [1.29, 1.82) is 0 Å². The van der Waals surface area contributed by atoms with Gasteiger partial charge in [-0.15, -0.1) is 0 Å². The molecule has 2 N–H and O–H groups in total. The lowest BCUT2D eigenvalue weighted by molar-refractivity contribution is 0.474. The molecule has 0 amide bonds. The Labute approximate surface area is 118 Å². The summed E-state index contributed by atoms with van der Waals surface area (Å²) in [7, 11) is 0. The molecule has 104 valence electrons. The number of hydrogen-bond donors (Lipinski definition) is 1. The molecule has 1 aliphatic rings. The molecule has 20 heavy (non-hydrogen) atoms. The van der Waals surface area contributed by atoms with Crippen LogP contribution < -0.4 is 10.5 Å². The van der Waals surface area contributed by atoms with Gasteiger partial charge in [-0.3, -0.25) is 0 Å². The van der Waals surface area contributed by atoms with Crippen molar-refractivity contribution in [2.24, 2.45) is 5.73 Å². The third kappa shape index (κ3) is 2.83. The minimum absolute atomic E-state index is 0.304. The summed E-state index contributed by atoms with van der Waals surface area (Å²) < 4.78 is 19.2. The maximum Gasteiger partial charge on any atom is 0.130 e. The number of halogens is 1. The Bertz CT molecular complexity index is 624. The SMILES string of the molecule is NCc1cc(F)cc(Oc2ccc3c(c2)CCCC3)c1. The van der Waals surface area contributed by atoms with Crippen molar-refractivity contribution in [3.63, 3.8) is 0 Å². The third-order valence-corrected chi connectivity index (χ3v) is 3.72. The van der Waals surface area contributed by atoms with E-state index in [9.17, 15) is 4.39 Å². The van der Waals surface area contributed by atoms with Crippen molar-refractivity contribution in [2.75, 3.05) is 0 Å². The van der Waals surface area contributed by atoms with Crippen LogP contribution in [-0.2, 0) is 19.4 Å². The topological polar surface area (TPSA) is 35.2 Å². The van der Waals surface area contributed by atoms with Gasteiger partial charge in [0.15, 0.2) is 0 Å². The van der Waals surface area contributed by atoms with E-state index in [1.54, 1.807) is 6.07 Å². The Morgan fingerprint density at radius 3 is 2.55 bits per heavy atom. The van der Waals surface area contributed by atoms with Crippen molar-refractivity contribution >= 4 is 0 Å². The van der Waals surface area contributed by atoms with Crippen LogP contribution in [0.5, 0.6) is 11.5 Å². The van der Waals surface area contributed by atoms with E-state index in [1.807, 2.05) is 6.07 Å². The Hall–Kier alpha value is -1.87. The highest BCUT2D eigenvalue weighted by atomic mass is 19.1. The second-order valence-electron chi connectivity index (χ2n) is 5.24. The number of nitrogens with two attached hydrogens (primary N) is 1. The minimum Gasteiger partial charge on any atom is -0.457 e. The summed E-state index contributed by atoms with van der Waals surface area (Å²) in [6, 6.07) is 10.7. The number of benzene rings is 2. The van der Waals surface area contributed by atoms with Crippen LogP contribution in [0, 0.1) is 5.82 Å². The summed E-state index contributed by atoms with van der Waals surface area (Å²) in [6.45, 7) is 0.304. The van der Waals surface area contributed by atoms with Crippen LogP contribution in [-0.4, -0.2) is 0 Å². The smallest absolute Gasteiger partial charge is 0.130 e. The summed E-state index contributed by atoms with van der Waals surface area (Å²) in [4.78, 5) is 0. The quantitative estimate of drug-likeness (QED) is 0.917. The van der Waals surface area contributed by atoms with Crippen LogP contribution in [0.2, 0.25) is 0 Å². The van der Waals surface area contributed by atoms with Crippen molar-refractivity contribution in [3.05, 3.63) is 58.9 Å². The normalized spacial score (nSPS) is 13.9. The van der Waals surface area contributed by atoms with Crippen LogP contribution in [0.25, 0.3) is 0 Å². The van der Waals surface area contributed by atoms with Gasteiger partial charge in [0.2, 0.25) is 0 Å². The second kappa shape index (κ2) is 5.63. The van der Waals surface area contributed by atoms with E-state index in [1.165, 1.54) is 36.1 Å². The van der Waals surface area contributed by atoms with Crippen molar-refractivity contribution in [3.8, 4) is 11.5 Å². The summed E-state index contributed by atoms with van der Waals surface area (Å²) in [5.74, 6) is 0.946. The highest BCUT2D eigenvalue weighted by Gasteiger charge is 2.10. The van der Waals surface area contributed by atoms with Crippen LogP contribution in [0.1, 0.15) is 29.5 Å².